The SMILES string of the molecule is O=C(O)COC1CCN(C(=O)NCCc2cnc[nH]2)CC1. The number of imidazole rings is 1. The van der Waals surface area contributed by atoms with Crippen LogP contribution in [0.25, 0.3) is 0 Å². The number of carbonyl (C=O) groups is 2. The predicted octanol–water partition coefficient (Wildman–Crippen LogP) is 0.227. The van der Waals surface area contributed by atoms with Crippen molar-refractivity contribution >= 4 is 12.0 Å². The maximum absolute atomic E-state index is 12.0. The highest BCUT2D eigenvalue weighted by atomic mass is 16.5. The average molecular weight is 296 g/mol. The zero-order valence-corrected chi connectivity index (χ0v) is 11.7. The van der Waals surface area contributed by atoms with Crippen molar-refractivity contribution in [2.75, 3.05) is 26.2 Å². The summed E-state index contributed by atoms with van der Waals surface area (Å²) in [4.78, 5) is 31.0. The lowest BCUT2D eigenvalue weighted by Crippen LogP contribution is -2.46. The number of hydrogen-bond donors (Lipinski definition) is 3. The molecule has 8 heteroatoms. The van der Waals surface area contributed by atoms with E-state index in [1.807, 2.05) is 0 Å². The van der Waals surface area contributed by atoms with Gasteiger partial charge >= 0.3 is 12.0 Å². The van der Waals surface area contributed by atoms with Crippen LogP contribution in [0.1, 0.15) is 18.5 Å². The second-order valence-corrected chi connectivity index (χ2v) is 4.95. The first kappa shape index (κ1) is 15.3. The highest BCUT2D eigenvalue weighted by molar-refractivity contribution is 5.74. The largest absolute Gasteiger partial charge is 0.480 e. The number of aliphatic carboxylic acids is 1. The van der Waals surface area contributed by atoms with E-state index in [2.05, 4.69) is 15.3 Å². The summed E-state index contributed by atoms with van der Waals surface area (Å²) in [5.41, 5.74) is 0.982. The molecule has 1 aliphatic rings. The van der Waals surface area contributed by atoms with E-state index in [-0.39, 0.29) is 18.7 Å². The molecular formula is C13H20N4O4. The number of amides is 2. The number of ether oxygens (including phenoxy) is 1. The lowest BCUT2D eigenvalue weighted by atomic mass is 10.1. The van der Waals surface area contributed by atoms with Gasteiger partial charge in [-0.2, -0.15) is 0 Å². The molecule has 3 N–H and O–H groups in total. The quantitative estimate of drug-likeness (QED) is 0.696. The van der Waals surface area contributed by atoms with Crippen molar-refractivity contribution < 1.29 is 19.4 Å². The van der Waals surface area contributed by atoms with Crippen LogP contribution in [-0.4, -0.2) is 64.3 Å². The van der Waals surface area contributed by atoms with Gasteiger partial charge in [0.1, 0.15) is 6.61 Å². The Morgan fingerprint density at radius 1 is 1.48 bits per heavy atom. The lowest BCUT2D eigenvalue weighted by molar-refractivity contribution is -0.145. The molecule has 0 bridgehead atoms. The Kier molecular flexibility index (Phi) is 5.56. The number of aromatic nitrogens is 2. The van der Waals surface area contributed by atoms with Gasteiger partial charge in [-0.25, -0.2) is 14.6 Å². The monoisotopic (exact) mass is 296 g/mol. The standard InChI is InChI=1S/C13H20N4O4/c18-12(19)8-21-11-2-5-17(6-3-11)13(20)15-4-1-10-7-14-9-16-10/h7,9,11H,1-6,8H2,(H,14,16)(H,15,20)(H,18,19). The number of H-pyrrole nitrogens is 1. The molecule has 1 aromatic heterocycles. The lowest BCUT2D eigenvalue weighted by Gasteiger charge is -2.31. The molecule has 1 aromatic rings. The molecule has 2 heterocycles. The van der Waals surface area contributed by atoms with Crippen LogP contribution >= 0.6 is 0 Å². The van der Waals surface area contributed by atoms with Crippen LogP contribution in [-0.2, 0) is 16.0 Å². The summed E-state index contributed by atoms with van der Waals surface area (Å²) in [5, 5.41) is 11.4. The van der Waals surface area contributed by atoms with Gasteiger partial charge in [0, 0.05) is 37.9 Å². The number of hydrogen-bond acceptors (Lipinski definition) is 4. The van der Waals surface area contributed by atoms with Crippen molar-refractivity contribution in [3.05, 3.63) is 18.2 Å². The van der Waals surface area contributed by atoms with E-state index >= 15 is 0 Å². The third-order valence-corrected chi connectivity index (χ3v) is 3.40. The van der Waals surface area contributed by atoms with Crippen molar-refractivity contribution in [2.45, 2.75) is 25.4 Å². The first-order valence-corrected chi connectivity index (χ1v) is 6.98. The summed E-state index contributed by atoms with van der Waals surface area (Å²) in [5.74, 6) is -0.964. The fourth-order valence-corrected chi connectivity index (χ4v) is 2.25. The molecule has 2 amide bonds. The van der Waals surface area contributed by atoms with Crippen LogP contribution in [0, 0.1) is 0 Å². The molecule has 2 rings (SSSR count). The number of rotatable bonds is 6. The second-order valence-electron chi connectivity index (χ2n) is 4.95. The first-order chi connectivity index (χ1) is 10.1. The van der Waals surface area contributed by atoms with Gasteiger partial charge < -0.3 is 25.0 Å². The van der Waals surface area contributed by atoms with E-state index in [9.17, 15) is 9.59 Å². The van der Waals surface area contributed by atoms with Crippen LogP contribution in [0.15, 0.2) is 12.5 Å². The van der Waals surface area contributed by atoms with Crippen LogP contribution in [0.4, 0.5) is 4.79 Å². The van der Waals surface area contributed by atoms with Crippen molar-refractivity contribution in [1.29, 1.82) is 0 Å². The highest BCUT2D eigenvalue weighted by Crippen LogP contribution is 2.13. The number of aromatic amines is 1. The highest BCUT2D eigenvalue weighted by Gasteiger charge is 2.23. The molecule has 21 heavy (non-hydrogen) atoms. The van der Waals surface area contributed by atoms with Crippen LogP contribution < -0.4 is 5.32 Å². The van der Waals surface area contributed by atoms with Gasteiger partial charge in [0.2, 0.25) is 0 Å². The number of carboxylic acid groups (broad SMARTS) is 1. The summed E-state index contributed by atoms with van der Waals surface area (Å²) in [6.45, 7) is 1.44. The Morgan fingerprint density at radius 3 is 2.86 bits per heavy atom. The molecule has 1 fully saturated rings. The molecule has 0 radical (unpaired) electrons. The first-order valence-electron chi connectivity index (χ1n) is 6.98. The van der Waals surface area contributed by atoms with E-state index in [1.54, 1.807) is 17.4 Å². The van der Waals surface area contributed by atoms with Crippen LogP contribution in [0.2, 0.25) is 0 Å². The minimum absolute atomic E-state index is 0.0739. The maximum atomic E-state index is 12.0. The zero-order chi connectivity index (χ0) is 15.1. The number of carbonyl (C=O) groups excluding carboxylic acids is 1. The summed E-state index contributed by atoms with van der Waals surface area (Å²) in [6, 6.07) is -0.0915. The van der Waals surface area contributed by atoms with E-state index < -0.39 is 5.97 Å². The van der Waals surface area contributed by atoms with Gasteiger partial charge in [-0.15, -0.1) is 0 Å². The molecule has 0 spiro atoms. The van der Waals surface area contributed by atoms with Gasteiger partial charge in [-0.3, -0.25) is 0 Å². The molecule has 0 unspecified atom stereocenters. The predicted molar refractivity (Wildman–Crippen MR) is 73.9 cm³/mol. The minimum Gasteiger partial charge on any atom is -0.480 e. The molecule has 8 nitrogen and oxygen atoms in total. The molecule has 1 saturated heterocycles. The summed E-state index contributed by atoms with van der Waals surface area (Å²) < 4.78 is 5.23. The normalized spacial score (nSPS) is 15.9. The third kappa shape index (κ3) is 5.07. The summed E-state index contributed by atoms with van der Waals surface area (Å²) >= 11 is 0. The average Bonchev–Trinajstić information content (AvgIpc) is 2.99. The Morgan fingerprint density at radius 2 is 2.24 bits per heavy atom. The maximum Gasteiger partial charge on any atom is 0.329 e. The number of piperidine rings is 1. The minimum atomic E-state index is -0.964. The summed E-state index contributed by atoms with van der Waals surface area (Å²) in [6.07, 6.45) is 5.32. The summed E-state index contributed by atoms with van der Waals surface area (Å²) in [7, 11) is 0. The van der Waals surface area contributed by atoms with Crippen LogP contribution in [0.3, 0.4) is 0 Å². The Labute approximate surface area is 122 Å². The molecule has 0 aromatic carbocycles. The van der Waals surface area contributed by atoms with Gasteiger partial charge in [0.25, 0.3) is 0 Å². The third-order valence-electron chi connectivity index (χ3n) is 3.40. The van der Waals surface area contributed by atoms with E-state index in [0.717, 1.165) is 5.69 Å². The van der Waals surface area contributed by atoms with E-state index in [0.29, 0.717) is 38.9 Å². The number of nitrogens with zero attached hydrogens (tertiary/aromatic N) is 2. The fraction of sp³-hybridized carbons (Fsp3) is 0.615. The van der Waals surface area contributed by atoms with Crippen LogP contribution in [0.5, 0.6) is 0 Å². The van der Waals surface area contributed by atoms with Crippen molar-refractivity contribution in [3.63, 3.8) is 0 Å². The Hall–Kier alpha value is -2.09. The molecule has 116 valence electrons. The Bertz CT molecular complexity index is 455. The smallest absolute Gasteiger partial charge is 0.329 e. The molecular weight excluding hydrogens is 276 g/mol. The number of carboxylic acids is 1. The van der Waals surface area contributed by atoms with Crippen molar-refractivity contribution in [3.8, 4) is 0 Å². The van der Waals surface area contributed by atoms with Crippen molar-refractivity contribution in [1.82, 2.24) is 20.2 Å². The van der Waals surface area contributed by atoms with Gasteiger partial charge in [-0.1, -0.05) is 0 Å². The topological polar surface area (TPSA) is 108 Å². The number of nitrogens with one attached hydrogen (secondary N) is 2. The van der Waals surface area contributed by atoms with E-state index in [1.165, 1.54) is 0 Å². The Balaban J connectivity index is 1.62. The number of likely N-dealkylation sites (tertiary alicyclic amines) is 1. The van der Waals surface area contributed by atoms with Gasteiger partial charge in [0.15, 0.2) is 0 Å². The molecule has 1 aliphatic heterocycles. The zero-order valence-electron chi connectivity index (χ0n) is 11.7. The fourth-order valence-electron chi connectivity index (χ4n) is 2.25. The molecule has 0 saturated carbocycles. The van der Waals surface area contributed by atoms with Gasteiger partial charge in [0.05, 0.1) is 12.4 Å². The molecule has 0 atom stereocenters. The second kappa shape index (κ2) is 7.63. The van der Waals surface area contributed by atoms with E-state index in [4.69, 9.17) is 9.84 Å². The van der Waals surface area contributed by atoms with Crippen molar-refractivity contribution in [2.24, 2.45) is 0 Å². The van der Waals surface area contributed by atoms with Gasteiger partial charge in [-0.05, 0) is 12.8 Å². The number of urea groups is 1. The molecule has 0 aliphatic carbocycles.